The molecule has 0 saturated carbocycles. The average Bonchev–Trinajstić information content (AvgIpc) is 2.95. The topological polar surface area (TPSA) is 55.2 Å². The highest BCUT2D eigenvalue weighted by molar-refractivity contribution is 9.10. The third-order valence-electron chi connectivity index (χ3n) is 3.33. The molecule has 0 radical (unpaired) electrons. The van der Waals surface area contributed by atoms with Gasteiger partial charge < -0.3 is 5.32 Å². The zero-order valence-electron chi connectivity index (χ0n) is 11.9. The lowest BCUT2D eigenvalue weighted by Gasteiger charge is -2.24. The van der Waals surface area contributed by atoms with Crippen LogP contribution in [-0.2, 0) is 12.0 Å². The number of rotatable bonds is 6. The van der Waals surface area contributed by atoms with Crippen molar-refractivity contribution >= 4 is 33.0 Å². The van der Waals surface area contributed by atoms with Gasteiger partial charge in [0.25, 0.3) is 5.69 Å². The molecule has 2 rings (SSSR count). The second-order valence-corrected chi connectivity index (χ2v) is 7.21. The second kappa shape index (κ2) is 6.68. The van der Waals surface area contributed by atoms with Gasteiger partial charge in [0, 0.05) is 29.4 Å². The molecule has 0 aliphatic carbocycles. The van der Waals surface area contributed by atoms with Gasteiger partial charge in [-0.1, -0.05) is 32.0 Å². The predicted octanol–water partition coefficient (Wildman–Crippen LogP) is 4.49. The smallest absolute Gasteiger partial charge is 0.283 e. The van der Waals surface area contributed by atoms with Crippen LogP contribution in [0.15, 0.2) is 40.2 Å². The fourth-order valence-electron chi connectivity index (χ4n) is 2.10. The maximum absolute atomic E-state index is 10.9. The molecular weight excluding hydrogens is 352 g/mol. The molecule has 0 amide bonds. The summed E-state index contributed by atoms with van der Waals surface area (Å²) in [6.45, 7) is 5.78. The first kappa shape index (κ1) is 16.1. The third kappa shape index (κ3) is 3.90. The first-order valence-electron chi connectivity index (χ1n) is 6.58. The molecule has 1 N–H and O–H groups in total. The first-order chi connectivity index (χ1) is 9.92. The number of nitro groups is 1. The van der Waals surface area contributed by atoms with E-state index < -0.39 is 0 Å². The molecule has 0 spiro atoms. The maximum Gasteiger partial charge on any atom is 0.283 e. The van der Waals surface area contributed by atoms with Gasteiger partial charge in [0.1, 0.15) is 0 Å². The van der Waals surface area contributed by atoms with Crippen LogP contribution in [0.25, 0.3) is 0 Å². The van der Waals surface area contributed by atoms with E-state index in [0.717, 1.165) is 12.1 Å². The standard InChI is InChI=1S/C15H17BrN2O2S/c1-15(2,13-7-4-8-21-13)10-17-9-11-5-3-6-12(14(11)16)18(19)20/h3-8,17H,9-10H2,1-2H3. The van der Waals surface area contributed by atoms with Crippen LogP contribution in [0.5, 0.6) is 0 Å². The molecule has 0 aliphatic heterocycles. The van der Waals surface area contributed by atoms with E-state index >= 15 is 0 Å². The first-order valence-corrected chi connectivity index (χ1v) is 8.25. The predicted molar refractivity (Wildman–Crippen MR) is 89.8 cm³/mol. The summed E-state index contributed by atoms with van der Waals surface area (Å²) in [7, 11) is 0. The molecular formula is C15H17BrN2O2S. The number of hydrogen-bond acceptors (Lipinski definition) is 4. The van der Waals surface area contributed by atoms with Crippen LogP contribution in [0.1, 0.15) is 24.3 Å². The highest BCUT2D eigenvalue weighted by Gasteiger charge is 2.21. The largest absolute Gasteiger partial charge is 0.312 e. The summed E-state index contributed by atoms with van der Waals surface area (Å²) < 4.78 is 0.552. The van der Waals surface area contributed by atoms with Gasteiger partial charge in [0.2, 0.25) is 0 Å². The lowest BCUT2D eigenvalue weighted by Crippen LogP contribution is -2.32. The van der Waals surface area contributed by atoms with E-state index in [1.54, 1.807) is 17.4 Å². The Hall–Kier alpha value is -1.24. The van der Waals surface area contributed by atoms with Gasteiger partial charge in [-0.05, 0) is 32.9 Å². The van der Waals surface area contributed by atoms with E-state index in [1.165, 1.54) is 10.9 Å². The number of halogens is 1. The molecule has 6 heteroatoms. The van der Waals surface area contributed by atoms with Crippen molar-refractivity contribution in [3.8, 4) is 0 Å². The Morgan fingerprint density at radius 1 is 1.33 bits per heavy atom. The van der Waals surface area contributed by atoms with Gasteiger partial charge in [0.05, 0.1) is 9.40 Å². The van der Waals surface area contributed by atoms with Crippen molar-refractivity contribution in [2.45, 2.75) is 25.8 Å². The Morgan fingerprint density at radius 2 is 2.10 bits per heavy atom. The number of nitrogens with zero attached hydrogens (tertiary/aromatic N) is 1. The van der Waals surface area contributed by atoms with Crippen molar-refractivity contribution in [3.05, 3.63) is 60.7 Å². The Morgan fingerprint density at radius 3 is 2.71 bits per heavy atom. The van der Waals surface area contributed by atoms with E-state index in [4.69, 9.17) is 0 Å². The van der Waals surface area contributed by atoms with Crippen LogP contribution in [0.4, 0.5) is 5.69 Å². The van der Waals surface area contributed by atoms with Crippen molar-refractivity contribution in [2.24, 2.45) is 0 Å². The SMILES string of the molecule is CC(C)(CNCc1cccc([N+](=O)[O-])c1Br)c1cccs1. The highest BCUT2D eigenvalue weighted by Crippen LogP contribution is 2.29. The second-order valence-electron chi connectivity index (χ2n) is 5.47. The van der Waals surface area contributed by atoms with Crippen LogP contribution in [-0.4, -0.2) is 11.5 Å². The molecule has 112 valence electrons. The Balaban J connectivity index is 2.01. The molecule has 0 bridgehead atoms. The Bertz CT molecular complexity index is 627. The zero-order chi connectivity index (χ0) is 15.5. The maximum atomic E-state index is 10.9. The molecule has 21 heavy (non-hydrogen) atoms. The van der Waals surface area contributed by atoms with Crippen LogP contribution in [0, 0.1) is 10.1 Å². The van der Waals surface area contributed by atoms with E-state index in [0.29, 0.717) is 11.0 Å². The molecule has 0 saturated heterocycles. The number of nitro benzene ring substituents is 1. The number of benzene rings is 1. The van der Waals surface area contributed by atoms with Crippen LogP contribution in [0.2, 0.25) is 0 Å². The lowest BCUT2D eigenvalue weighted by molar-refractivity contribution is -0.385. The summed E-state index contributed by atoms with van der Waals surface area (Å²) >= 11 is 5.07. The number of thiophene rings is 1. The quantitative estimate of drug-likeness (QED) is 0.603. The van der Waals surface area contributed by atoms with Crippen LogP contribution in [0.3, 0.4) is 0 Å². The average molecular weight is 369 g/mol. The van der Waals surface area contributed by atoms with Crippen molar-refractivity contribution in [1.29, 1.82) is 0 Å². The molecule has 0 atom stereocenters. The van der Waals surface area contributed by atoms with Crippen LogP contribution < -0.4 is 5.32 Å². The molecule has 0 fully saturated rings. The molecule has 1 heterocycles. The monoisotopic (exact) mass is 368 g/mol. The summed E-state index contributed by atoms with van der Waals surface area (Å²) in [6.07, 6.45) is 0. The summed E-state index contributed by atoms with van der Waals surface area (Å²) in [5.41, 5.74) is 1.04. The minimum atomic E-state index is -0.372. The van der Waals surface area contributed by atoms with Crippen molar-refractivity contribution in [2.75, 3.05) is 6.54 Å². The lowest BCUT2D eigenvalue weighted by atomic mass is 9.91. The minimum absolute atomic E-state index is 0.0430. The van der Waals surface area contributed by atoms with Crippen molar-refractivity contribution < 1.29 is 4.92 Å². The van der Waals surface area contributed by atoms with Gasteiger partial charge in [-0.25, -0.2) is 0 Å². The van der Waals surface area contributed by atoms with Gasteiger partial charge in [-0.2, -0.15) is 0 Å². The zero-order valence-corrected chi connectivity index (χ0v) is 14.3. The minimum Gasteiger partial charge on any atom is -0.312 e. The van der Waals surface area contributed by atoms with Crippen molar-refractivity contribution in [1.82, 2.24) is 5.32 Å². The number of hydrogen-bond donors (Lipinski definition) is 1. The number of nitrogens with one attached hydrogen (secondary N) is 1. The van der Waals surface area contributed by atoms with E-state index in [2.05, 4.69) is 52.6 Å². The fourth-order valence-corrected chi connectivity index (χ4v) is 3.51. The Kier molecular flexibility index (Phi) is 5.13. The van der Waals surface area contributed by atoms with Gasteiger partial charge in [-0.3, -0.25) is 10.1 Å². The summed E-state index contributed by atoms with van der Waals surface area (Å²) in [5, 5.41) is 16.4. The Labute approximate surface area is 136 Å². The molecule has 4 nitrogen and oxygen atoms in total. The third-order valence-corrected chi connectivity index (χ3v) is 5.48. The summed E-state index contributed by atoms with van der Waals surface area (Å²) in [6, 6.07) is 9.30. The highest BCUT2D eigenvalue weighted by atomic mass is 79.9. The van der Waals surface area contributed by atoms with Gasteiger partial charge in [0.15, 0.2) is 0 Å². The normalized spacial score (nSPS) is 11.6. The van der Waals surface area contributed by atoms with Gasteiger partial charge >= 0.3 is 0 Å². The molecule has 1 aromatic heterocycles. The van der Waals surface area contributed by atoms with Gasteiger partial charge in [-0.15, -0.1) is 11.3 Å². The van der Waals surface area contributed by atoms with Crippen molar-refractivity contribution in [3.63, 3.8) is 0 Å². The molecule has 0 unspecified atom stereocenters. The molecule has 2 aromatic rings. The van der Waals surface area contributed by atoms with E-state index in [9.17, 15) is 10.1 Å². The van der Waals surface area contributed by atoms with E-state index in [-0.39, 0.29) is 16.0 Å². The van der Waals surface area contributed by atoms with Crippen LogP contribution >= 0.6 is 27.3 Å². The van der Waals surface area contributed by atoms with E-state index in [1.807, 2.05) is 6.07 Å². The fraction of sp³-hybridized carbons (Fsp3) is 0.333. The summed E-state index contributed by atoms with van der Waals surface area (Å²) in [4.78, 5) is 11.9. The molecule has 1 aromatic carbocycles. The molecule has 0 aliphatic rings. The summed E-state index contributed by atoms with van der Waals surface area (Å²) in [5.74, 6) is 0.